The summed E-state index contributed by atoms with van der Waals surface area (Å²) in [4.78, 5) is 19.4. The van der Waals surface area contributed by atoms with E-state index in [0.29, 0.717) is 5.69 Å². The topological polar surface area (TPSA) is 62.5 Å². The monoisotopic (exact) mass is 251 g/mol. The van der Waals surface area contributed by atoms with Crippen LogP contribution in [0.1, 0.15) is 16.2 Å². The van der Waals surface area contributed by atoms with Crippen LogP contribution in [0.2, 0.25) is 0 Å². The third-order valence-electron chi connectivity index (χ3n) is 2.93. The van der Waals surface area contributed by atoms with Crippen LogP contribution in [-0.2, 0) is 0 Å². The maximum absolute atomic E-state index is 12.4. The molecule has 0 aliphatic carbocycles. The fraction of sp³-hybridized carbons (Fsp3) is 0.500. The van der Waals surface area contributed by atoms with Crippen molar-refractivity contribution in [2.45, 2.75) is 6.92 Å². The molecule has 17 heavy (non-hydrogen) atoms. The lowest BCUT2D eigenvalue weighted by Gasteiger charge is -2.27. The Morgan fingerprint density at radius 2 is 2.24 bits per heavy atom. The number of hydrogen-bond donors (Lipinski definition) is 1. The summed E-state index contributed by atoms with van der Waals surface area (Å²) < 4.78 is 1.64. The van der Waals surface area contributed by atoms with Crippen molar-refractivity contribution in [2.75, 3.05) is 26.2 Å². The summed E-state index contributed by atoms with van der Waals surface area (Å²) in [6, 6.07) is 0. The maximum atomic E-state index is 12.4. The number of fused-ring (bicyclic) bond motifs is 1. The number of nitrogens with one attached hydrogen (secondary N) is 1. The number of aryl methyl sites for hydroxylation is 1. The van der Waals surface area contributed by atoms with Crippen molar-refractivity contribution in [2.24, 2.45) is 0 Å². The largest absolute Gasteiger partial charge is 0.335 e. The van der Waals surface area contributed by atoms with Gasteiger partial charge in [-0.1, -0.05) is 11.3 Å². The molecule has 6 nitrogen and oxygen atoms in total. The predicted molar refractivity (Wildman–Crippen MR) is 64.4 cm³/mol. The van der Waals surface area contributed by atoms with Crippen LogP contribution >= 0.6 is 11.3 Å². The molecule has 1 N–H and O–H groups in total. The minimum absolute atomic E-state index is 0.0300. The second-order valence-corrected chi connectivity index (χ2v) is 4.83. The third-order valence-corrected chi connectivity index (χ3v) is 3.60. The van der Waals surface area contributed by atoms with Crippen LogP contribution in [0, 0.1) is 6.92 Å². The van der Waals surface area contributed by atoms with Crippen LogP contribution in [0.15, 0.2) is 5.51 Å². The number of imidazole rings is 1. The first-order valence-electron chi connectivity index (χ1n) is 5.56. The lowest BCUT2D eigenvalue weighted by molar-refractivity contribution is 0.0726. The van der Waals surface area contributed by atoms with Crippen molar-refractivity contribution in [1.29, 1.82) is 0 Å². The Morgan fingerprint density at radius 3 is 3.00 bits per heavy atom. The highest BCUT2D eigenvalue weighted by molar-refractivity contribution is 7.14. The fourth-order valence-corrected chi connectivity index (χ4v) is 2.72. The van der Waals surface area contributed by atoms with E-state index in [1.165, 1.54) is 11.3 Å². The van der Waals surface area contributed by atoms with Gasteiger partial charge >= 0.3 is 0 Å². The fourth-order valence-electron chi connectivity index (χ4n) is 2.06. The number of aromatic nitrogens is 3. The molecule has 1 aliphatic rings. The molecule has 1 saturated heterocycles. The smallest absolute Gasteiger partial charge is 0.274 e. The van der Waals surface area contributed by atoms with Crippen molar-refractivity contribution >= 4 is 22.2 Å². The highest BCUT2D eigenvalue weighted by Gasteiger charge is 2.24. The molecular formula is C10H13N5OS. The van der Waals surface area contributed by atoms with Gasteiger partial charge in [0.1, 0.15) is 5.51 Å². The Morgan fingerprint density at radius 1 is 1.47 bits per heavy atom. The van der Waals surface area contributed by atoms with Crippen molar-refractivity contribution < 1.29 is 4.79 Å². The number of amides is 1. The number of carbonyl (C=O) groups excluding carboxylic acids is 1. The molecule has 3 heterocycles. The first kappa shape index (κ1) is 10.7. The average molecular weight is 251 g/mol. The Bertz CT molecular complexity index is 554. The van der Waals surface area contributed by atoms with Crippen molar-refractivity contribution in [1.82, 2.24) is 24.8 Å². The zero-order valence-corrected chi connectivity index (χ0v) is 10.3. The van der Waals surface area contributed by atoms with Gasteiger partial charge in [-0.05, 0) is 6.92 Å². The zero-order chi connectivity index (χ0) is 11.8. The molecular weight excluding hydrogens is 238 g/mol. The Hall–Kier alpha value is -1.47. The molecule has 0 unspecified atom stereocenters. The van der Waals surface area contributed by atoms with E-state index in [1.807, 2.05) is 11.8 Å². The lowest BCUT2D eigenvalue weighted by Crippen LogP contribution is -2.46. The second-order valence-electron chi connectivity index (χ2n) is 4.02. The number of piperazine rings is 1. The zero-order valence-electron chi connectivity index (χ0n) is 9.51. The van der Waals surface area contributed by atoms with Crippen LogP contribution in [-0.4, -0.2) is 51.6 Å². The number of carbonyl (C=O) groups is 1. The first-order valence-corrected chi connectivity index (χ1v) is 6.44. The molecule has 0 radical (unpaired) electrons. The molecule has 0 saturated carbocycles. The normalized spacial score (nSPS) is 16.6. The summed E-state index contributed by atoms with van der Waals surface area (Å²) in [5, 5.41) is 7.40. The minimum atomic E-state index is 0.0300. The van der Waals surface area contributed by atoms with Gasteiger partial charge in [-0.15, -0.1) is 0 Å². The molecule has 2 aromatic heterocycles. The van der Waals surface area contributed by atoms with E-state index in [0.717, 1.165) is 36.8 Å². The third kappa shape index (κ3) is 1.71. The molecule has 3 rings (SSSR count). The summed E-state index contributed by atoms with van der Waals surface area (Å²) in [6.07, 6.45) is 0. The van der Waals surface area contributed by atoms with Gasteiger partial charge in [-0.2, -0.15) is 9.61 Å². The molecule has 0 bridgehead atoms. The quantitative estimate of drug-likeness (QED) is 0.783. The van der Waals surface area contributed by atoms with Gasteiger partial charge in [0.25, 0.3) is 5.91 Å². The van der Waals surface area contributed by atoms with E-state index in [2.05, 4.69) is 15.4 Å². The standard InChI is InChI=1S/C10H13N5OS/c1-7-8(15-10(13-7)17-6-12-15)9(16)14-4-2-11-3-5-14/h6,11H,2-5H2,1H3. The summed E-state index contributed by atoms with van der Waals surface area (Å²) in [5.41, 5.74) is 3.06. The average Bonchev–Trinajstić information content (AvgIpc) is 2.89. The minimum Gasteiger partial charge on any atom is -0.335 e. The van der Waals surface area contributed by atoms with Crippen molar-refractivity contribution in [3.8, 4) is 0 Å². The van der Waals surface area contributed by atoms with Gasteiger partial charge < -0.3 is 10.2 Å². The second kappa shape index (κ2) is 4.08. The summed E-state index contributed by atoms with van der Waals surface area (Å²) >= 11 is 1.44. The number of nitrogens with zero attached hydrogens (tertiary/aromatic N) is 4. The summed E-state index contributed by atoms with van der Waals surface area (Å²) in [7, 11) is 0. The van der Waals surface area contributed by atoms with Gasteiger partial charge in [-0.25, -0.2) is 4.98 Å². The van der Waals surface area contributed by atoms with Gasteiger partial charge in [0, 0.05) is 26.2 Å². The Balaban J connectivity index is 1.99. The van der Waals surface area contributed by atoms with Crippen LogP contribution in [0.5, 0.6) is 0 Å². The first-order chi connectivity index (χ1) is 8.27. The van der Waals surface area contributed by atoms with E-state index in [-0.39, 0.29) is 5.91 Å². The van der Waals surface area contributed by atoms with Crippen molar-refractivity contribution in [3.05, 3.63) is 16.9 Å². The predicted octanol–water partition coefficient (Wildman–Crippen LogP) is 0.145. The van der Waals surface area contributed by atoms with Gasteiger partial charge in [0.05, 0.1) is 5.69 Å². The van der Waals surface area contributed by atoms with E-state index in [1.54, 1.807) is 10.0 Å². The molecule has 0 spiro atoms. The molecule has 90 valence electrons. The van der Waals surface area contributed by atoms with Gasteiger partial charge in [0.2, 0.25) is 4.96 Å². The molecule has 1 amide bonds. The molecule has 1 fully saturated rings. The van der Waals surface area contributed by atoms with Crippen molar-refractivity contribution in [3.63, 3.8) is 0 Å². The SMILES string of the molecule is Cc1nc2scnn2c1C(=O)N1CCNCC1. The van der Waals surface area contributed by atoms with Crippen LogP contribution < -0.4 is 5.32 Å². The van der Waals surface area contributed by atoms with E-state index < -0.39 is 0 Å². The van der Waals surface area contributed by atoms with Crippen LogP contribution in [0.3, 0.4) is 0 Å². The summed E-state index contributed by atoms with van der Waals surface area (Å²) in [5.74, 6) is 0.0300. The van der Waals surface area contributed by atoms with E-state index in [4.69, 9.17) is 0 Å². The molecule has 7 heteroatoms. The van der Waals surface area contributed by atoms with Gasteiger partial charge in [0.15, 0.2) is 5.69 Å². The highest BCUT2D eigenvalue weighted by Crippen LogP contribution is 2.16. The Kier molecular flexibility index (Phi) is 2.56. The number of hydrogen-bond acceptors (Lipinski definition) is 5. The molecule has 2 aromatic rings. The highest BCUT2D eigenvalue weighted by atomic mass is 32.1. The van der Waals surface area contributed by atoms with E-state index in [9.17, 15) is 4.79 Å². The van der Waals surface area contributed by atoms with Gasteiger partial charge in [-0.3, -0.25) is 4.79 Å². The Labute approximate surface area is 102 Å². The maximum Gasteiger partial charge on any atom is 0.274 e. The lowest BCUT2D eigenvalue weighted by atomic mass is 10.2. The molecule has 0 atom stereocenters. The van der Waals surface area contributed by atoms with Crippen LogP contribution in [0.25, 0.3) is 4.96 Å². The molecule has 1 aliphatic heterocycles. The van der Waals surface area contributed by atoms with Crippen LogP contribution in [0.4, 0.5) is 0 Å². The van der Waals surface area contributed by atoms with E-state index >= 15 is 0 Å². The number of rotatable bonds is 1. The molecule has 0 aromatic carbocycles. The summed E-state index contributed by atoms with van der Waals surface area (Å²) in [6.45, 7) is 5.05.